The van der Waals surface area contributed by atoms with E-state index in [-0.39, 0.29) is 11.6 Å². The van der Waals surface area contributed by atoms with Crippen LogP contribution >= 0.6 is 31.9 Å². The predicted octanol–water partition coefficient (Wildman–Crippen LogP) is 4.91. The van der Waals surface area contributed by atoms with Gasteiger partial charge in [0.25, 0.3) is 5.91 Å². The third-order valence-electron chi connectivity index (χ3n) is 2.55. The van der Waals surface area contributed by atoms with Gasteiger partial charge in [-0.1, -0.05) is 22.0 Å². The minimum atomic E-state index is -0.481. The molecule has 0 fully saturated rings. The van der Waals surface area contributed by atoms with Crippen LogP contribution in [0.2, 0.25) is 0 Å². The van der Waals surface area contributed by atoms with E-state index < -0.39 is 5.82 Å². The summed E-state index contributed by atoms with van der Waals surface area (Å²) in [6.45, 7) is 1.93. The largest absolute Gasteiger partial charge is 0.319 e. The number of rotatable bonds is 2. The minimum absolute atomic E-state index is 0.153. The van der Waals surface area contributed by atoms with Crippen molar-refractivity contribution in [2.24, 2.45) is 0 Å². The Bertz CT molecular complexity index is 643. The van der Waals surface area contributed by atoms with Gasteiger partial charge in [0, 0.05) is 8.95 Å². The average Bonchev–Trinajstić information content (AvgIpc) is 2.32. The van der Waals surface area contributed by atoms with Crippen molar-refractivity contribution in [3.05, 3.63) is 62.3 Å². The van der Waals surface area contributed by atoms with Gasteiger partial charge in [-0.25, -0.2) is 4.39 Å². The molecule has 19 heavy (non-hydrogen) atoms. The van der Waals surface area contributed by atoms with E-state index in [0.29, 0.717) is 14.5 Å². The Kier molecular flexibility index (Phi) is 4.37. The Morgan fingerprint density at radius 1 is 1.16 bits per heavy atom. The third kappa shape index (κ3) is 3.42. The molecule has 0 heterocycles. The molecule has 0 spiro atoms. The second-order valence-electron chi connectivity index (χ2n) is 4.06. The maximum Gasteiger partial charge on any atom is 0.256 e. The van der Waals surface area contributed by atoms with Gasteiger partial charge in [0.2, 0.25) is 0 Å². The van der Waals surface area contributed by atoms with Crippen molar-refractivity contribution in [2.75, 3.05) is 5.32 Å². The summed E-state index contributed by atoms with van der Waals surface area (Å²) < 4.78 is 14.9. The lowest BCUT2D eigenvalue weighted by molar-refractivity contribution is 0.102. The molecule has 0 saturated carbocycles. The first-order chi connectivity index (χ1) is 8.97. The van der Waals surface area contributed by atoms with Gasteiger partial charge < -0.3 is 5.32 Å². The van der Waals surface area contributed by atoms with Crippen LogP contribution in [0.4, 0.5) is 10.1 Å². The lowest BCUT2D eigenvalue weighted by atomic mass is 10.1. The maximum atomic E-state index is 13.6. The molecule has 0 saturated heterocycles. The molecule has 98 valence electrons. The minimum Gasteiger partial charge on any atom is -0.319 e. The maximum absolute atomic E-state index is 13.6. The predicted molar refractivity (Wildman–Crippen MR) is 80.9 cm³/mol. The van der Waals surface area contributed by atoms with Crippen molar-refractivity contribution in [1.82, 2.24) is 0 Å². The first kappa shape index (κ1) is 14.2. The van der Waals surface area contributed by atoms with Crippen LogP contribution in [0, 0.1) is 12.7 Å². The molecule has 2 aromatic carbocycles. The molecule has 1 amide bonds. The van der Waals surface area contributed by atoms with Gasteiger partial charge in [0.05, 0.1) is 11.3 Å². The molecule has 0 aliphatic rings. The number of halogens is 3. The van der Waals surface area contributed by atoms with Crippen LogP contribution in [-0.4, -0.2) is 5.91 Å². The molecule has 0 atom stereocenters. The molecular weight excluding hydrogens is 377 g/mol. The number of aryl methyl sites for hydroxylation is 1. The number of hydrogen-bond donors (Lipinski definition) is 1. The molecule has 0 aliphatic carbocycles. The van der Waals surface area contributed by atoms with Gasteiger partial charge in [-0.15, -0.1) is 0 Å². The van der Waals surface area contributed by atoms with E-state index in [4.69, 9.17) is 0 Å². The Morgan fingerprint density at radius 2 is 1.89 bits per heavy atom. The number of benzene rings is 2. The van der Waals surface area contributed by atoms with Crippen LogP contribution in [0.1, 0.15) is 15.9 Å². The average molecular weight is 387 g/mol. The Labute approximate surface area is 127 Å². The summed E-state index contributed by atoms with van der Waals surface area (Å²) in [5.41, 5.74) is 1.66. The van der Waals surface area contributed by atoms with Crippen molar-refractivity contribution in [3.63, 3.8) is 0 Å². The highest BCUT2D eigenvalue weighted by Crippen LogP contribution is 2.22. The van der Waals surface area contributed by atoms with Crippen LogP contribution in [0.15, 0.2) is 45.3 Å². The van der Waals surface area contributed by atoms with E-state index in [1.165, 1.54) is 12.1 Å². The van der Waals surface area contributed by atoms with Gasteiger partial charge in [0.1, 0.15) is 5.82 Å². The summed E-state index contributed by atoms with van der Waals surface area (Å²) in [4.78, 5) is 12.1. The van der Waals surface area contributed by atoms with Gasteiger partial charge >= 0.3 is 0 Å². The molecule has 0 radical (unpaired) electrons. The van der Waals surface area contributed by atoms with E-state index in [2.05, 4.69) is 37.2 Å². The van der Waals surface area contributed by atoms with Crippen molar-refractivity contribution in [3.8, 4) is 0 Å². The van der Waals surface area contributed by atoms with E-state index in [1.54, 1.807) is 12.1 Å². The number of amides is 1. The first-order valence-electron chi connectivity index (χ1n) is 5.50. The second kappa shape index (κ2) is 5.84. The highest BCUT2D eigenvalue weighted by molar-refractivity contribution is 9.10. The number of nitrogens with one attached hydrogen (secondary N) is 1. The molecule has 0 aromatic heterocycles. The second-order valence-corrected chi connectivity index (χ2v) is 5.83. The Hall–Kier alpha value is -1.20. The number of anilines is 1. The molecule has 2 rings (SSSR count). The number of hydrogen-bond acceptors (Lipinski definition) is 1. The third-order valence-corrected chi connectivity index (χ3v) is 3.70. The summed E-state index contributed by atoms with van der Waals surface area (Å²) in [6, 6.07) is 9.86. The summed E-state index contributed by atoms with van der Waals surface area (Å²) in [7, 11) is 0. The van der Waals surface area contributed by atoms with Crippen molar-refractivity contribution in [1.29, 1.82) is 0 Å². The standard InChI is InChI=1S/C14H10Br2FNO/c1-8-2-4-10(11(16)6-8)14(19)18-13-5-3-9(15)7-12(13)17/h2-7H,1H3,(H,18,19). The van der Waals surface area contributed by atoms with Gasteiger partial charge in [-0.2, -0.15) is 0 Å². The van der Waals surface area contributed by atoms with Crippen LogP contribution in [0.25, 0.3) is 0 Å². The molecule has 0 bridgehead atoms. The van der Waals surface area contributed by atoms with E-state index in [1.807, 2.05) is 19.1 Å². The summed E-state index contributed by atoms with van der Waals surface area (Å²) >= 11 is 6.50. The molecule has 2 aromatic rings. The van der Waals surface area contributed by atoms with Crippen LogP contribution in [0.3, 0.4) is 0 Å². The van der Waals surface area contributed by atoms with Crippen molar-refractivity contribution < 1.29 is 9.18 Å². The van der Waals surface area contributed by atoms with Crippen molar-refractivity contribution >= 4 is 43.5 Å². The topological polar surface area (TPSA) is 29.1 Å². The fourth-order valence-corrected chi connectivity index (χ4v) is 2.59. The Balaban J connectivity index is 2.25. The van der Waals surface area contributed by atoms with Crippen molar-refractivity contribution in [2.45, 2.75) is 6.92 Å². The lowest BCUT2D eigenvalue weighted by Gasteiger charge is -2.08. The van der Waals surface area contributed by atoms with E-state index >= 15 is 0 Å². The molecule has 0 aliphatic heterocycles. The smallest absolute Gasteiger partial charge is 0.256 e. The molecule has 2 nitrogen and oxygen atoms in total. The highest BCUT2D eigenvalue weighted by Gasteiger charge is 2.12. The number of carbonyl (C=O) groups is 1. The van der Waals surface area contributed by atoms with E-state index in [9.17, 15) is 9.18 Å². The fraction of sp³-hybridized carbons (Fsp3) is 0.0714. The van der Waals surface area contributed by atoms with Crippen LogP contribution < -0.4 is 5.32 Å². The monoisotopic (exact) mass is 385 g/mol. The number of carbonyl (C=O) groups excluding carboxylic acids is 1. The molecule has 5 heteroatoms. The SMILES string of the molecule is Cc1ccc(C(=O)Nc2ccc(Br)cc2F)c(Br)c1. The normalized spacial score (nSPS) is 10.3. The molecule has 0 unspecified atom stereocenters. The zero-order valence-corrected chi connectivity index (χ0v) is 13.2. The Morgan fingerprint density at radius 3 is 2.53 bits per heavy atom. The van der Waals surface area contributed by atoms with Crippen LogP contribution in [0.5, 0.6) is 0 Å². The lowest BCUT2D eigenvalue weighted by Crippen LogP contribution is -2.13. The summed E-state index contributed by atoms with van der Waals surface area (Å²) in [5, 5.41) is 2.55. The summed E-state index contributed by atoms with van der Waals surface area (Å²) in [5.74, 6) is -0.834. The molecule has 1 N–H and O–H groups in total. The first-order valence-corrected chi connectivity index (χ1v) is 7.08. The quantitative estimate of drug-likeness (QED) is 0.780. The summed E-state index contributed by atoms with van der Waals surface area (Å²) in [6.07, 6.45) is 0. The molecular formula is C14H10Br2FNO. The zero-order chi connectivity index (χ0) is 14.0. The van der Waals surface area contributed by atoms with Gasteiger partial charge in [0.15, 0.2) is 0 Å². The zero-order valence-electron chi connectivity index (χ0n) is 10.0. The van der Waals surface area contributed by atoms with Gasteiger partial charge in [-0.3, -0.25) is 4.79 Å². The van der Waals surface area contributed by atoms with Crippen LogP contribution in [-0.2, 0) is 0 Å². The fourth-order valence-electron chi connectivity index (χ4n) is 1.58. The highest BCUT2D eigenvalue weighted by atomic mass is 79.9. The van der Waals surface area contributed by atoms with E-state index in [0.717, 1.165) is 5.56 Å². The van der Waals surface area contributed by atoms with Gasteiger partial charge in [-0.05, 0) is 58.7 Å².